The first-order valence-electron chi connectivity index (χ1n) is 7.25. The molecule has 0 radical (unpaired) electrons. The number of nitrogens with one attached hydrogen (secondary N) is 1. The Balaban J connectivity index is 1.76. The summed E-state index contributed by atoms with van der Waals surface area (Å²) in [6, 6.07) is 12.3. The van der Waals surface area contributed by atoms with E-state index >= 15 is 0 Å². The normalized spacial score (nSPS) is 10.5. The molecule has 0 aliphatic heterocycles. The van der Waals surface area contributed by atoms with Crippen LogP contribution in [0.1, 0.15) is 29.7 Å². The first-order chi connectivity index (χ1) is 10.3. The lowest BCUT2D eigenvalue weighted by atomic mass is 10.1. The Kier molecular flexibility index (Phi) is 6.96. The number of alkyl halides is 1. The van der Waals surface area contributed by atoms with Gasteiger partial charge in [0.15, 0.2) is 0 Å². The summed E-state index contributed by atoms with van der Waals surface area (Å²) in [7, 11) is 0. The van der Waals surface area contributed by atoms with Crippen LogP contribution in [0.25, 0.3) is 0 Å². The largest absolute Gasteiger partial charge is 0.326 e. The highest BCUT2D eigenvalue weighted by molar-refractivity contribution is 9.09. The Morgan fingerprint density at radius 1 is 1.14 bits per heavy atom. The van der Waals surface area contributed by atoms with E-state index in [4.69, 9.17) is 0 Å². The Bertz CT molecular complexity index is 554. The van der Waals surface area contributed by atoms with Crippen LogP contribution in [-0.2, 0) is 17.6 Å². The smallest absolute Gasteiger partial charge is 0.224 e. The molecule has 0 spiro atoms. The van der Waals surface area contributed by atoms with E-state index < -0.39 is 0 Å². The van der Waals surface area contributed by atoms with Crippen molar-refractivity contribution in [3.63, 3.8) is 0 Å². The van der Waals surface area contributed by atoms with Gasteiger partial charge in [0.05, 0.1) is 0 Å². The van der Waals surface area contributed by atoms with E-state index in [0.717, 1.165) is 36.7 Å². The monoisotopic (exact) mass is 365 g/mol. The molecule has 1 heterocycles. The summed E-state index contributed by atoms with van der Waals surface area (Å²) in [5.41, 5.74) is 2.18. The Labute approximate surface area is 138 Å². The van der Waals surface area contributed by atoms with Crippen LogP contribution in [0.3, 0.4) is 0 Å². The average molecular weight is 366 g/mol. The number of thiophene rings is 1. The molecule has 1 aromatic carbocycles. The van der Waals surface area contributed by atoms with Crippen LogP contribution < -0.4 is 5.32 Å². The number of hydrogen-bond acceptors (Lipinski definition) is 2. The minimum atomic E-state index is 0.101. The molecule has 0 aliphatic carbocycles. The summed E-state index contributed by atoms with van der Waals surface area (Å²) in [4.78, 5) is 13.3. The van der Waals surface area contributed by atoms with E-state index in [0.29, 0.717) is 6.42 Å². The van der Waals surface area contributed by atoms with E-state index in [2.05, 4.69) is 50.9 Å². The predicted octanol–water partition coefficient (Wildman–Crippen LogP) is 5.04. The van der Waals surface area contributed by atoms with Crippen LogP contribution >= 0.6 is 27.3 Å². The Hall–Kier alpha value is -1.13. The molecular weight excluding hydrogens is 346 g/mol. The van der Waals surface area contributed by atoms with Gasteiger partial charge in [-0.3, -0.25) is 4.79 Å². The second kappa shape index (κ2) is 9.00. The van der Waals surface area contributed by atoms with Crippen molar-refractivity contribution in [2.45, 2.75) is 32.1 Å². The Morgan fingerprint density at radius 2 is 2.05 bits per heavy atom. The molecule has 0 aliphatic rings. The van der Waals surface area contributed by atoms with Crippen LogP contribution in [0.15, 0.2) is 41.8 Å². The molecule has 0 atom stereocenters. The SMILES string of the molecule is O=C(CCCc1cccs1)Nc1cccc(CCCBr)c1. The molecule has 112 valence electrons. The van der Waals surface area contributed by atoms with Crippen molar-refractivity contribution in [3.8, 4) is 0 Å². The van der Waals surface area contributed by atoms with Crippen molar-refractivity contribution in [1.82, 2.24) is 0 Å². The number of halogens is 1. The Morgan fingerprint density at radius 3 is 2.81 bits per heavy atom. The second-order valence-corrected chi connectivity index (χ2v) is 6.80. The lowest BCUT2D eigenvalue weighted by Gasteiger charge is -2.07. The van der Waals surface area contributed by atoms with Gasteiger partial charge in [-0.1, -0.05) is 34.1 Å². The number of aryl methyl sites for hydroxylation is 2. The molecule has 21 heavy (non-hydrogen) atoms. The van der Waals surface area contributed by atoms with Gasteiger partial charge in [-0.15, -0.1) is 11.3 Å². The van der Waals surface area contributed by atoms with E-state index in [1.807, 2.05) is 12.1 Å². The second-order valence-electron chi connectivity index (χ2n) is 4.97. The fourth-order valence-corrected chi connectivity index (χ4v) is 3.21. The molecule has 0 bridgehead atoms. The van der Waals surface area contributed by atoms with Crippen LogP contribution in [0.5, 0.6) is 0 Å². The van der Waals surface area contributed by atoms with E-state index in [1.54, 1.807) is 11.3 Å². The van der Waals surface area contributed by atoms with Gasteiger partial charge in [0.25, 0.3) is 0 Å². The molecular formula is C17H20BrNOS. The first kappa shape index (κ1) is 16.2. The molecule has 0 saturated heterocycles. The van der Waals surface area contributed by atoms with Crippen molar-refractivity contribution >= 4 is 38.9 Å². The van der Waals surface area contributed by atoms with Crippen molar-refractivity contribution < 1.29 is 4.79 Å². The van der Waals surface area contributed by atoms with Gasteiger partial charge < -0.3 is 5.32 Å². The maximum atomic E-state index is 12.0. The third-order valence-electron chi connectivity index (χ3n) is 3.22. The summed E-state index contributed by atoms with van der Waals surface area (Å²) < 4.78 is 0. The number of carbonyl (C=O) groups excluding carboxylic acids is 1. The number of rotatable bonds is 8. The molecule has 0 unspecified atom stereocenters. The summed E-state index contributed by atoms with van der Waals surface area (Å²) in [6.45, 7) is 0. The molecule has 1 aromatic heterocycles. The number of amides is 1. The van der Waals surface area contributed by atoms with Crippen molar-refractivity contribution in [2.24, 2.45) is 0 Å². The highest BCUT2D eigenvalue weighted by Gasteiger charge is 2.04. The van der Waals surface area contributed by atoms with Crippen LogP contribution in [-0.4, -0.2) is 11.2 Å². The van der Waals surface area contributed by atoms with Gasteiger partial charge in [0.1, 0.15) is 0 Å². The quantitative estimate of drug-likeness (QED) is 0.652. The third-order valence-corrected chi connectivity index (χ3v) is 4.71. The number of carbonyl (C=O) groups is 1. The molecule has 4 heteroatoms. The van der Waals surface area contributed by atoms with E-state index in [9.17, 15) is 4.79 Å². The lowest BCUT2D eigenvalue weighted by Crippen LogP contribution is -2.11. The van der Waals surface area contributed by atoms with Gasteiger partial charge in [-0.05, 0) is 54.8 Å². The third kappa shape index (κ3) is 6.02. The van der Waals surface area contributed by atoms with Crippen LogP contribution in [0.2, 0.25) is 0 Å². The molecule has 2 nitrogen and oxygen atoms in total. The van der Waals surface area contributed by atoms with Gasteiger partial charge in [-0.2, -0.15) is 0 Å². The number of benzene rings is 1. The summed E-state index contributed by atoms with van der Waals surface area (Å²) >= 11 is 5.19. The van der Waals surface area contributed by atoms with E-state index in [-0.39, 0.29) is 5.91 Å². The fourth-order valence-electron chi connectivity index (χ4n) is 2.18. The maximum absolute atomic E-state index is 12.0. The van der Waals surface area contributed by atoms with Gasteiger partial charge in [-0.25, -0.2) is 0 Å². The van der Waals surface area contributed by atoms with Crippen LogP contribution in [0.4, 0.5) is 5.69 Å². The molecule has 2 aromatic rings. The topological polar surface area (TPSA) is 29.1 Å². The first-order valence-corrected chi connectivity index (χ1v) is 9.25. The summed E-state index contributed by atoms with van der Waals surface area (Å²) in [5.74, 6) is 0.101. The minimum absolute atomic E-state index is 0.101. The van der Waals surface area contributed by atoms with Gasteiger partial charge in [0, 0.05) is 22.3 Å². The van der Waals surface area contributed by atoms with E-state index in [1.165, 1.54) is 10.4 Å². The van der Waals surface area contributed by atoms with Crippen molar-refractivity contribution in [1.29, 1.82) is 0 Å². The molecule has 0 saturated carbocycles. The summed E-state index contributed by atoms with van der Waals surface area (Å²) in [6.07, 6.45) is 4.60. The van der Waals surface area contributed by atoms with Crippen LogP contribution in [0, 0.1) is 0 Å². The average Bonchev–Trinajstić information content (AvgIpc) is 2.99. The number of hydrogen-bond donors (Lipinski definition) is 1. The highest BCUT2D eigenvalue weighted by Crippen LogP contribution is 2.15. The zero-order chi connectivity index (χ0) is 14.9. The number of anilines is 1. The van der Waals surface area contributed by atoms with Gasteiger partial charge >= 0.3 is 0 Å². The zero-order valence-electron chi connectivity index (χ0n) is 12.0. The summed E-state index contributed by atoms with van der Waals surface area (Å²) in [5, 5.41) is 6.08. The highest BCUT2D eigenvalue weighted by atomic mass is 79.9. The zero-order valence-corrected chi connectivity index (χ0v) is 14.4. The van der Waals surface area contributed by atoms with Gasteiger partial charge in [0.2, 0.25) is 5.91 Å². The maximum Gasteiger partial charge on any atom is 0.224 e. The molecule has 1 N–H and O–H groups in total. The fraction of sp³-hybridized carbons (Fsp3) is 0.353. The lowest BCUT2D eigenvalue weighted by molar-refractivity contribution is -0.116. The standard InChI is InChI=1S/C17H20BrNOS/c18-11-3-6-14-5-1-7-15(13-14)19-17(20)10-2-8-16-9-4-12-21-16/h1,4-5,7,9,12-13H,2-3,6,8,10-11H2,(H,19,20). The predicted molar refractivity (Wildman–Crippen MR) is 94.4 cm³/mol. The molecule has 1 amide bonds. The van der Waals surface area contributed by atoms with Crippen molar-refractivity contribution in [3.05, 3.63) is 52.2 Å². The molecule has 2 rings (SSSR count). The van der Waals surface area contributed by atoms with Crippen molar-refractivity contribution in [2.75, 3.05) is 10.6 Å². The molecule has 0 fully saturated rings. The minimum Gasteiger partial charge on any atom is -0.326 e.